The van der Waals surface area contributed by atoms with Crippen molar-refractivity contribution in [1.29, 1.82) is 0 Å². The van der Waals surface area contributed by atoms with Crippen LogP contribution < -0.4 is 10.6 Å². The van der Waals surface area contributed by atoms with Gasteiger partial charge in [-0.15, -0.1) is 0 Å². The third kappa shape index (κ3) is 5.66. The van der Waals surface area contributed by atoms with Gasteiger partial charge in [-0.3, -0.25) is 9.89 Å². The average molecular weight is 304 g/mol. The van der Waals surface area contributed by atoms with E-state index < -0.39 is 0 Å². The molecule has 0 aromatic heterocycles. The second-order valence-electron chi connectivity index (χ2n) is 5.65. The molecule has 2 N–H and O–H groups in total. The highest BCUT2D eigenvalue weighted by Gasteiger charge is 2.11. The fourth-order valence-electron chi connectivity index (χ4n) is 2.71. The third-order valence-corrected chi connectivity index (χ3v) is 3.88. The molecule has 1 aromatic rings. The largest absolute Gasteiger partial charge is 0.383 e. The van der Waals surface area contributed by atoms with Gasteiger partial charge in [-0.1, -0.05) is 24.3 Å². The minimum atomic E-state index is 0.673. The SMILES string of the molecule is CN=C(NCCOC)NCc1cccc(CN2CCCC2)c1. The van der Waals surface area contributed by atoms with Crippen LogP contribution in [0.25, 0.3) is 0 Å². The van der Waals surface area contributed by atoms with Crippen LogP contribution in [0.2, 0.25) is 0 Å². The number of nitrogens with one attached hydrogen (secondary N) is 2. The quantitative estimate of drug-likeness (QED) is 0.456. The van der Waals surface area contributed by atoms with E-state index in [1.165, 1.54) is 37.1 Å². The lowest BCUT2D eigenvalue weighted by Gasteiger charge is -2.16. The average Bonchev–Trinajstić information content (AvgIpc) is 3.04. The summed E-state index contributed by atoms with van der Waals surface area (Å²) in [5.41, 5.74) is 2.68. The van der Waals surface area contributed by atoms with Crippen molar-refractivity contribution >= 4 is 5.96 Å². The molecule has 0 atom stereocenters. The maximum atomic E-state index is 5.03. The lowest BCUT2D eigenvalue weighted by molar-refractivity contribution is 0.203. The van der Waals surface area contributed by atoms with Crippen LogP contribution >= 0.6 is 0 Å². The van der Waals surface area contributed by atoms with Crippen LogP contribution in [0.5, 0.6) is 0 Å². The monoisotopic (exact) mass is 304 g/mol. The summed E-state index contributed by atoms with van der Waals surface area (Å²) in [7, 11) is 3.48. The molecule has 1 aromatic carbocycles. The Labute approximate surface area is 133 Å². The molecule has 5 heteroatoms. The Balaban J connectivity index is 1.81. The molecular formula is C17H28N4O. The summed E-state index contributed by atoms with van der Waals surface area (Å²) in [6.45, 7) is 5.74. The van der Waals surface area contributed by atoms with Crippen molar-refractivity contribution in [3.05, 3.63) is 35.4 Å². The number of methoxy groups -OCH3 is 1. The molecule has 0 radical (unpaired) electrons. The highest BCUT2D eigenvalue weighted by atomic mass is 16.5. The minimum absolute atomic E-state index is 0.673. The Morgan fingerprint density at radius 3 is 2.73 bits per heavy atom. The van der Waals surface area contributed by atoms with Gasteiger partial charge in [0, 0.05) is 33.8 Å². The highest BCUT2D eigenvalue weighted by Crippen LogP contribution is 2.13. The van der Waals surface area contributed by atoms with Gasteiger partial charge in [0.1, 0.15) is 0 Å². The summed E-state index contributed by atoms with van der Waals surface area (Å²) < 4.78 is 5.03. The van der Waals surface area contributed by atoms with Crippen molar-refractivity contribution in [3.8, 4) is 0 Å². The van der Waals surface area contributed by atoms with Gasteiger partial charge in [0.15, 0.2) is 5.96 Å². The molecule has 1 heterocycles. The van der Waals surface area contributed by atoms with Gasteiger partial charge in [0.25, 0.3) is 0 Å². The van der Waals surface area contributed by atoms with Crippen LogP contribution in [-0.4, -0.2) is 51.3 Å². The van der Waals surface area contributed by atoms with E-state index >= 15 is 0 Å². The second-order valence-corrected chi connectivity index (χ2v) is 5.65. The number of benzene rings is 1. The number of likely N-dealkylation sites (tertiary alicyclic amines) is 1. The van der Waals surface area contributed by atoms with Crippen LogP contribution in [0, 0.1) is 0 Å². The normalized spacial score (nSPS) is 16.0. The minimum Gasteiger partial charge on any atom is -0.383 e. The van der Waals surface area contributed by atoms with E-state index in [-0.39, 0.29) is 0 Å². The summed E-state index contributed by atoms with van der Waals surface area (Å²) >= 11 is 0. The van der Waals surface area contributed by atoms with Crippen LogP contribution in [0.15, 0.2) is 29.3 Å². The summed E-state index contributed by atoms with van der Waals surface area (Å²) in [6.07, 6.45) is 2.68. The van der Waals surface area contributed by atoms with Crippen LogP contribution in [0.1, 0.15) is 24.0 Å². The molecule has 1 aliphatic rings. The Hall–Kier alpha value is -1.59. The predicted octanol–water partition coefficient (Wildman–Crippen LogP) is 1.59. The summed E-state index contributed by atoms with van der Waals surface area (Å²) in [5.74, 6) is 0.807. The van der Waals surface area contributed by atoms with Crippen molar-refractivity contribution in [2.75, 3.05) is 40.4 Å². The molecule has 5 nitrogen and oxygen atoms in total. The topological polar surface area (TPSA) is 48.9 Å². The number of ether oxygens (including phenoxy) is 1. The zero-order valence-electron chi connectivity index (χ0n) is 13.8. The number of rotatable bonds is 7. The van der Waals surface area contributed by atoms with E-state index in [0.717, 1.165) is 25.6 Å². The molecule has 0 unspecified atom stereocenters. The summed E-state index contributed by atoms with van der Waals surface area (Å²) in [4.78, 5) is 6.74. The Morgan fingerprint density at radius 1 is 1.23 bits per heavy atom. The van der Waals surface area contributed by atoms with Gasteiger partial charge in [-0.2, -0.15) is 0 Å². The van der Waals surface area contributed by atoms with Crippen molar-refractivity contribution in [2.45, 2.75) is 25.9 Å². The molecule has 0 aliphatic carbocycles. The van der Waals surface area contributed by atoms with Crippen molar-refractivity contribution < 1.29 is 4.74 Å². The molecule has 0 bridgehead atoms. The first-order valence-corrected chi connectivity index (χ1v) is 8.05. The first-order chi connectivity index (χ1) is 10.8. The Bertz CT molecular complexity index is 469. The Kier molecular flexibility index (Phi) is 7.19. The molecular weight excluding hydrogens is 276 g/mol. The van der Waals surface area contributed by atoms with Gasteiger partial charge in [0.2, 0.25) is 0 Å². The van der Waals surface area contributed by atoms with Crippen molar-refractivity contribution in [1.82, 2.24) is 15.5 Å². The van der Waals surface area contributed by atoms with Crippen LogP contribution in [0.4, 0.5) is 0 Å². The zero-order valence-corrected chi connectivity index (χ0v) is 13.8. The first kappa shape index (κ1) is 16.8. The number of hydrogen-bond acceptors (Lipinski definition) is 3. The van der Waals surface area contributed by atoms with E-state index in [1.54, 1.807) is 14.2 Å². The van der Waals surface area contributed by atoms with Crippen molar-refractivity contribution in [2.24, 2.45) is 4.99 Å². The molecule has 0 spiro atoms. The van der Waals surface area contributed by atoms with Gasteiger partial charge in [0.05, 0.1) is 6.61 Å². The zero-order chi connectivity index (χ0) is 15.6. The van der Waals surface area contributed by atoms with Gasteiger partial charge in [-0.05, 0) is 37.1 Å². The van der Waals surface area contributed by atoms with E-state index in [0.29, 0.717) is 6.61 Å². The maximum Gasteiger partial charge on any atom is 0.191 e. The fourth-order valence-corrected chi connectivity index (χ4v) is 2.71. The fraction of sp³-hybridized carbons (Fsp3) is 0.588. The second kappa shape index (κ2) is 9.43. The molecule has 0 amide bonds. The smallest absolute Gasteiger partial charge is 0.191 e. The molecule has 1 saturated heterocycles. The molecule has 122 valence electrons. The van der Waals surface area contributed by atoms with Gasteiger partial charge < -0.3 is 15.4 Å². The molecule has 1 fully saturated rings. The number of aliphatic imine (C=N–C) groups is 1. The molecule has 2 rings (SSSR count). The molecule has 1 aliphatic heterocycles. The van der Waals surface area contributed by atoms with E-state index in [4.69, 9.17) is 4.74 Å². The number of guanidine groups is 1. The maximum absolute atomic E-state index is 5.03. The molecule has 22 heavy (non-hydrogen) atoms. The summed E-state index contributed by atoms with van der Waals surface area (Å²) in [6, 6.07) is 8.80. The lowest BCUT2D eigenvalue weighted by atomic mass is 10.1. The van der Waals surface area contributed by atoms with E-state index in [2.05, 4.69) is 44.8 Å². The predicted molar refractivity (Wildman–Crippen MR) is 91.0 cm³/mol. The summed E-state index contributed by atoms with van der Waals surface area (Å²) in [5, 5.41) is 6.55. The number of hydrogen-bond donors (Lipinski definition) is 2. The van der Waals surface area contributed by atoms with Crippen molar-refractivity contribution in [3.63, 3.8) is 0 Å². The van der Waals surface area contributed by atoms with Crippen LogP contribution in [-0.2, 0) is 17.8 Å². The lowest BCUT2D eigenvalue weighted by Crippen LogP contribution is -2.38. The standard InChI is InChI=1S/C17H28N4O/c1-18-17(19-8-11-22-2)20-13-15-6-5-7-16(12-15)14-21-9-3-4-10-21/h5-7,12H,3-4,8-11,13-14H2,1-2H3,(H2,18,19,20). The Morgan fingerprint density at radius 2 is 2.00 bits per heavy atom. The van der Waals surface area contributed by atoms with Crippen LogP contribution in [0.3, 0.4) is 0 Å². The number of nitrogens with zero attached hydrogens (tertiary/aromatic N) is 2. The first-order valence-electron chi connectivity index (χ1n) is 8.05. The van der Waals surface area contributed by atoms with Gasteiger partial charge in [-0.25, -0.2) is 0 Å². The van der Waals surface area contributed by atoms with E-state index in [9.17, 15) is 0 Å². The third-order valence-electron chi connectivity index (χ3n) is 3.88. The molecule has 0 saturated carbocycles. The van der Waals surface area contributed by atoms with E-state index in [1.807, 2.05) is 0 Å². The van der Waals surface area contributed by atoms with Gasteiger partial charge >= 0.3 is 0 Å². The highest BCUT2D eigenvalue weighted by molar-refractivity contribution is 5.79.